The van der Waals surface area contributed by atoms with Gasteiger partial charge in [0, 0.05) is 18.7 Å². The molecule has 0 amide bonds. The lowest BCUT2D eigenvalue weighted by Crippen LogP contribution is -2.31. The number of sulfonamides is 1. The van der Waals surface area contributed by atoms with Crippen molar-refractivity contribution in [3.8, 4) is 0 Å². The lowest BCUT2D eigenvalue weighted by molar-refractivity contribution is -0.384. The van der Waals surface area contributed by atoms with E-state index < -0.39 is 14.9 Å². The molecule has 1 heterocycles. The van der Waals surface area contributed by atoms with Crippen LogP contribution in [-0.4, -0.2) is 24.2 Å². The molecule has 126 valence electrons. The Labute approximate surface area is 140 Å². The fourth-order valence-corrected chi connectivity index (χ4v) is 4.85. The van der Waals surface area contributed by atoms with Crippen molar-refractivity contribution in [2.45, 2.75) is 30.7 Å². The third-order valence-electron chi connectivity index (χ3n) is 4.41. The first-order valence-electron chi connectivity index (χ1n) is 7.73. The van der Waals surface area contributed by atoms with Gasteiger partial charge < -0.3 is 0 Å². The lowest BCUT2D eigenvalue weighted by Gasteiger charge is -2.25. The minimum atomic E-state index is -3.68. The maximum Gasteiger partial charge on any atom is 0.269 e. The molecule has 2 aromatic rings. The van der Waals surface area contributed by atoms with Crippen LogP contribution in [0.2, 0.25) is 0 Å². The number of aryl methyl sites for hydroxylation is 1. The topological polar surface area (TPSA) is 80.5 Å². The fraction of sp³-hybridized carbons (Fsp3) is 0.294. The number of hydrogen-bond acceptors (Lipinski definition) is 4. The van der Waals surface area contributed by atoms with E-state index in [1.807, 2.05) is 31.2 Å². The maximum absolute atomic E-state index is 13.0. The van der Waals surface area contributed by atoms with Crippen LogP contribution in [0.5, 0.6) is 0 Å². The number of nitro groups is 1. The van der Waals surface area contributed by atoms with E-state index in [1.165, 1.54) is 28.6 Å². The van der Waals surface area contributed by atoms with Gasteiger partial charge in [0.2, 0.25) is 10.0 Å². The predicted octanol–water partition coefficient (Wildman–Crippen LogP) is 3.43. The monoisotopic (exact) mass is 346 g/mol. The van der Waals surface area contributed by atoms with Crippen LogP contribution in [0, 0.1) is 17.0 Å². The van der Waals surface area contributed by atoms with Gasteiger partial charge in [0.25, 0.3) is 5.69 Å². The minimum Gasteiger partial charge on any atom is -0.258 e. The van der Waals surface area contributed by atoms with E-state index in [1.54, 1.807) is 0 Å². The van der Waals surface area contributed by atoms with Crippen LogP contribution in [-0.2, 0) is 10.0 Å². The number of non-ortho nitro benzene ring substituents is 1. The van der Waals surface area contributed by atoms with Gasteiger partial charge >= 0.3 is 0 Å². The smallest absolute Gasteiger partial charge is 0.258 e. The molecule has 0 spiro atoms. The molecule has 24 heavy (non-hydrogen) atoms. The molecule has 6 nitrogen and oxygen atoms in total. The van der Waals surface area contributed by atoms with Gasteiger partial charge in [0.15, 0.2) is 0 Å². The van der Waals surface area contributed by atoms with Gasteiger partial charge in [-0.2, -0.15) is 4.31 Å². The maximum atomic E-state index is 13.0. The van der Waals surface area contributed by atoms with Crippen molar-refractivity contribution < 1.29 is 13.3 Å². The quantitative estimate of drug-likeness (QED) is 0.627. The summed E-state index contributed by atoms with van der Waals surface area (Å²) in [5.74, 6) is 0. The Kier molecular flexibility index (Phi) is 4.38. The van der Waals surface area contributed by atoms with Gasteiger partial charge in [0.05, 0.1) is 15.9 Å². The highest BCUT2D eigenvalue weighted by Crippen LogP contribution is 2.37. The van der Waals surface area contributed by atoms with Crippen LogP contribution in [0.4, 0.5) is 5.69 Å². The van der Waals surface area contributed by atoms with Crippen LogP contribution in [0.25, 0.3) is 0 Å². The Bertz CT molecular complexity index is 862. The largest absolute Gasteiger partial charge is 0.269 e. The summed E-state index contributed by atoms with van der Waals surface area (Å²) in [6.45, 7) is 2.43. The summed E-state index contributed by atoms with van der Waals surface area (Å²) in [4.78, 5) is 10.3. The molecule has 1 saturated heterocycles. The summed E-state index contributed by atoms with van der Waals surface area (Å²) in [6, 6.07) is 12.7. The minimum absolute atomic E-state index is 0.0913. The fourth-order valence-electron chi connectivity index (χ4n) is 3.17. The van der Waals surface area contributed by atoms with Gasteiger partial charge in [0.1, 0.15) is 0 Å². The van der Waals surface area contributed by atoms with Crippen molar-refractivity contribution in [3.63, 3.8) is 0 Å². The number of nitrogens with zero attached hydrogens (tertiary/aromatic N) is 2. The van der Waals surface area contributed by atoms with Crippen molar-refractivity contribution in [2.75, 3.05) is 6.54 Å². The highest BCUT2D eigenvalue weighted by molar-refractivity contribution is 7.89. The molecule has 0 N–H and O–H groups in total. The van der Waals surface area contributed by atoms with E-state index in [0.717, 1.165) is 24.0 Å². The van der Waals surface area contributed by atoms with E-state index in [0.29, 0.717) is 6.54 Å². The van der Waals surface area contributed by atoms with E-state index in [4.69, 9.17) is 0 Å². The Morgan fingerprint density at radius 1 is 1.12 bits per heavy atom. The van der Waals surface area contributed by atoms with Crippen molar-refractivity contribution in [1.82, 2.24) is 4.31 Å². The summed E-state index contributed by atoms with van der Waals surface area (Å²) < 4.78 is 27.4. The molecule has 7 heteroatoms. The SMILES string of the molecule is Cc1ccccc1[C@H]1CCCN1S(=O)(=O)c1ccc([N+](=O)[O-])cc1. The average Bonchev–Trinajstić information content (AvgIpc) is 3.05. The molecule has 1 aliphatic heterocycles. The first kappa shape index (κ1) is 16.6. The van der Waals surface area contributed by atoms with Crippen LogP contribution in [0.15, 0.2) is 53.4 Å². The van der Waals surface area contributed by atoms with Crippen LogP contribution >= 0.6 is 0 Å². The van der Waals surface area contributed by atoms with E-state index in [-0.39, 0.29) is 16.6 Å². The second-order valence-corrected chi connectivity index (χ2v) is 7.77. The molecule has 3 rings (SSSR count). The molecule has 0 bridgehead atoms. The third kappa shape index (κ3) is 2.92. The van der Waals surface area contributed by atoms with Gasteiger partial charge in [-0.05, 0) is 43.0 Å². The molecule has 0 radical (unpaired) electrons. The molecule has 0 saturated carbocycles. The molecule has 0 aliphatic carbocycles. The Balaban J connectivity index is 1.96. The number of benzene rings is 2. The summed E-state index contributed by atoms with van der Waals surface area (Å²) in [5.41, 5.74) is 1.96. The van der Waals surface area contributed by atoms with Crippen LogP contribution in [0.3, 0.4) is 0 Å². The Morgan fingerprint density at radius 2 is 1.79 bits per heavy atom. The predicted molar refractivity (Wildman–Crippen MR) is 90.1 cm³/mol. The zero-order valence-electron chi connectivity index (χ0n) is 13.3. The standard InChI is InChI=1S/C17H18N2O4S/c1-13-5-2-3-6-16(13)17-7-4-12-18(17)24(22,23)15-10-8-14(9-11-15)19(20)21/h2-3,5-6,8-11,17H,4,7,12H2,1H3/t17-/m1/s1. The van der Waals surface area contributed by atoms with Crippen LogP contribution < -0.4 is 0 Å². The van der Waals surface area contributed by atoms with Crippen molar-refractivity contribution in [3.05, 3.63) is 69.8 Å². The molecule has 0 aromatic heterocycles. The van der Waals surface area contributed by atoms with Crippen molar-refractivity contribution >= 4 is 15.7 Å². The molecule has 0 unspecified atom stereocenters. The van der Waals surface area contributed by atoms with Gasteiger partial charge in [-0.1, -0.05) is 24.3 Å². The zero-order valence-corrected chi connectivity index (χ0v) is 14.1. The average molecular weight is 346 g/mol. The summed E-state index contributed by atoms with van der Waals surface area (Å²) in [7, 11) is -3.68. The molecular formula is C17H18N2O4S. The number of rotatable bonds is 4. The van der Waals surface area contributed by atoms with Crippen molar-refractivity contribution in [1.29, 1.82) is 0 Å². The van der Waals surface area contributed by atoms with E-state index in [2.05, 4.69) is 0 Å². The van der Waals surface area contributed by atoms with Gasteiger partial charge in [-0.15, -0.1) is 0 Å². The normalized spacial score (nSPS) is 18.6. The third-order valence-corrected chi connectivity index (χ3v) is 6.33. The zero-order chi connectivity index (χ0) is 17.3. The van der Waals surface area contributed by atoms with E-state index in [9.17, 15) is 18.5 Å². The number of nitro benzene ring substituents is 1. The summed E-state index contributed by atoms with van der Waals surface area (Å²) in [6.07, 6.45) is 1.57. The van der Waals surface area contributed by atoms with Crippen LogP contribution in [0.1, 0.15) is 30.0 Å². The van der Waals surface area contributed by atoms with Crippen molar-refractivity contribution in [2.24, 2.45) is 0 Å². The molecule has 2 aromatic carbocycles. The molecule has 1 fully saturated rings. The summed E-state index contributed by atoms with van der Waals surface area (Å²) >= 11 is 0. The summed E-state index contributed by atoms with van der Waals surface area (Å²) in [5, 5.41) is 10.7. The van der Waals surface area contributed by atoms with Gasteiger partial charge in [-0.3, -0.25) is 10.1 Å². The molecule has 1 aliphatic rings. The first-order chi connectivity index (χ1) is 11.4. The highest BCUT2D eigenvalue weighted by atomic mass is 32.2. The van der Waals surface area contributed by atoms with E-state index >= 15 is 0 Å². The number of hydrogen-bond donors (Lipinski definition) is 0. The first-order valence-corrected chi connectivity index (χ1v) is 9.17. The highest BCUT2D eigenvalue weighted by Gasteiger charge is 2.36. The molecule has 1 atom stereocenters. The second-order valence-electron chi connectivity index (χ2n) is 5.88. The lowest BCUT2D eigenvalue weighted by atomic mass is 10.0. The Morgan fingerprint density at radius 3 is 2.42 bits per heavy atom. The Hall–Kier alpha value is -2.25. The second kappa shape index (κ2) is 6.33. The molecular weight excluding hydrogens is 328 g/mol. The van der Waals surface area contributed by atoms with Gasteiger partial charge in [-0.25, -0.2) is 8.42 Å².